The van der Waals surface area contributed by atoms with Gasteiger partial charge in [0, 0.05) is 35.2 Å². The Balaban J connectivity index is 1.82. The van der Waals surface area contributed by atoms with Crippen LogP contribution in [0.1, 0.15) is 51.2 Å². The van der Waals surface area contributed by atoms with E-state index in [1.807, 2.05) is 30.6 Å². The van der Waals surface area contributed by atoms with Gasteiger partial charge in [-0.2, -0.15) is 0 Å². The highest BCUT2D eigenvalue weighted by molar-refractivity contribution is 9.10. The average Bonchev–Trinajstić information content (AvgIpc) is 2.59. The molecule has 2 amide bonds. The molecule has 2 aliphatic rings. The van der Waals surface area contributed by atoms with Gasteiger partial charge in [-0.25, -0.2) is 0 Å². The van der Waals surface area contributed by atoms with E-state index in [4.69, 9.17) is 0 Å². The maximum atomic E-state index is 13.3. The predicted octanol–water partition coefficient (Wildman–Crippen LogP) is 4.32. The number of likely N-dealkylation sites (tertiary alicyclic amines) is 1. The van der Waals surface area contributed by atoms with Crippen molar-refractivity contribution in [1.82, 2.24) is 4.90 Å². The molecule has 5 heteroatoms. The molecule has 1 unspecified atom stereocenters. The number of aryl methyl sites for hydroxylation is 2. The molecule has 0 aromatic heterocycles. The number of halogens is 1. The third-order valence-electron chi connectivity index (χ3n) is 5.41. The summed E-state index contributed by atoms with van der Waals surface area (Å²) in [6.07, 6.45) is 3.77. The maximum Gasteiger partial charge on any atom is 0.231 e. The number of piperidine rings is 1. The highest BCUT2D eigenvalue weighted by Crippen LogP contribution is 2.35. The van der Waals surface area contributed by atoms with Gasteiger partial charge in [-0.3, -0.25) is 9.59 Å². The lowest BCUT2D eigenvalue weighted by Crippen LogP contribution is -2.50. The number of fused-ring (bicyclic) bond motifs is 1. The van der Waals surface area contributed by atoms with Crippen LogP contribution in [0, 0.1) is 18.3 Å². The van der Waals surface area contributed by atoms with Gasteiger partial charge in [0.2, 0.25) is 11.8 Å². The molecule has 0 spiro atoms. The van der Waals surface area contributed by atoms with E-state index in [-0.39, 0.29) is 17.7 Å². The number of rotatable bonds is 1. The lowest BCUT2D eigenvalue weighted by Gasteiger charge is -2.39. The summed E-state index contributed by atoms with van der Waals surface area (Å²) in [5, 5.41) is 0. The lowest BCUT2D eigenvalue weighted by molar-refractivity contribution is -0.142. The smallest absolute Gasteiger partial charge is 0.231 e. The molecule has 3 rings (SSSR count). The van der Waals surface area contributed by atoms with Gasteiger partial charge in [0.1, 0.15) is 0 Å². The predicted molar refractivity (Wildman–Crippen MR) is 108 cm³/mol. The first-order chi connectivity index (χ1) is 12.2. The molecular formula is C21H29BrN2O2. The zero-order valence-corrected chi connectivity index (χ0v) is 17.9. The second kappa shape index (κ2) is 7.34. The first kappa shape index (κ1) is 19.4. The number of amides is 2. The number of hydrogen-bond donors (Lipinski definition) is 0. The van der Waals surface area contributed by atoms with Gasteiger partial charge in [-0.15, -0.1) is 0 Å². The minimum atomic E-state index is -0.397. The zero-order chi connectivity index (χ0) is 19.1. The Morgan fingerprint density at radius 3 is 2.58 bits per heavy atom. The number of hydrogen-bond acceptors (Lipinski definition) is 2. The standard InChI is InChI=1S/C21H29BrN2O2/c1-14-11-17(22)12-15-7-6-10-24(18(14)15)19(25)16-8-5-9-23(13-16)20(26)21(2,3)4/h11-12,16H,5-10,13H2,1-4H3. The molecule has 4 nitrogen and oxygen atoms in total. The van der Waals surface area contributed by atoms with Gasteiger partial charge < -0.3 is 9.80 Å². The second-order valence-electron chi connectivity index (χ2n) is 8.66. The Morgan fingerprint density at radius 2 is 1.88 bits per heavy atom. The third kappa shape index (κ3) is 3.83. The SMILES string of the molecule is Cc1cc(Br)cc2c1N(C(=O)C1CCCN(C(=O)C(C)(C)C)C1)CCC2. The van der Waals surface area contributed by atoms with Crippen LogP contribution in [0.15, 0.2) is 16.6 Å². The van der Waals surface area contributed by atoms with Crippen molar-refractivity contribution in [3.05, 3.63) is 27.7 Å². The van der Waals surface area contributed by atoms with Crippen LogP contribution in [0.25, 0.3) is 0 Å². The van der Waals surface area contributed by atoms with Crippen molar-refractivity contribution in [1.29, 1.82) is 0 Å². The highest BCUT2D eigenvalue weighted by atomic mass is 79.9. The summed E-state index contributed by atoms with van der Waals surface area (Å²) in [7, 11) is 0. The molecule has 1 aromatic rings. The minimum absolute atomic E-state index is 0.0935. The number of benzene rings is 1. The Morgan fingerprint density at radius 1 is 1.15 bits per heavy atom. The second-order valence-corrected chi connectivity index (χ2v) is 9.58. The van der Waals surface area contributed by atoms with Gasteiger partial charge in [0.25, 0.3) is 0 Å². The molecular weight excluding hydrogens is 392 g/mol. The summed E-state index contributed by atoms with van der Waals surface area (Å²) in [5.41, 5.74) is 3.07. The molecule has 26 heavy (non-hydrogen) atoms. The van der Waals surface area contributed by atoms with Crippen LogP contribution in [-0.4, -0.2) is 36.3 Å². The van der Waals surface area contributed by atoms with Crippen LogP contribution >= 0.6 is 15.9 Å². The van der Waals surface area contributed by atoms with Crippen LogP contribution in [0.5, 0.6) is 0 Å². The molecule has 0 aliphatic carbocycles. The van der Waals surface area contributed by atoms with Crippen LogP contribution < -0.4 is 4.90 Å². The van der Waals surface area contributed by atoms with Crippen molar-refractivity contribution in [2.45, 2.75) is 53.4 Å². The molecule has 2 heterocycles. The van der Waals surface area contributed by atoms with Crippen LogP contribution in [0.3, 0.4) is 0 Å². The van der Waals surface area contributed by atoms with Gasteiger partial charge in [0.05, 0.1) is 5.92 Å². The van der Waals surface area contributed by atoms with Crippen molar-refractivity contribution >= 4 is 33.4 Å². The largest absolute Gasteiger partial charge is 0.341 e. The molecule has 1 atom stereocenters. The first-order valence-electron chi connectivity index (χ1n) is 9.58. The van der Waals surface area contributed by atoms with Gasteiger partial charge >= 0.3 is 0 Å². The highest BCUT2D eigenvalue weighted by Gasteiger charge is 2.36. The fourth-order valence-electron chi connectivity index (χ4n) is 4.20. The van der Waals surface area contributed by atoms with Crippen molar-refractivity contribution < 1.29 is 9.59 Å². The van der Waals surface area contributed by atoms with Gasteiger partial charge in [-0.1, -0.05) is 36.7 Å². The first-order valence-corrected chi connectivity index (χ1v) is 10.4. The number of nitrogens with zero attached hydrogens (tertiary/aromatic N) is 2. The molecule has 0 radical (unpaired) electrons. The van der Waals surface area contributed by atoms with Crippen molar-refractivity contribution in [3.63, 3.8) is 0 Å². The van der Waals surface area contributed by atoms with Crippen LogP contribution in [0.4, 0.5) is 5.69 Å². The van der Waals surface area contributed by atoms with Crippen LogP contribution in [0.2, 0.25) is 0 Å². The number of anilines is 1. The summed E-state index contributed by atoms with van der Waals surface area (Å²) in [4.78, 5) is 29.9. The molecule has 0 N–H and O–H groups in total. The van der Waals surface area contributed by atoms with E-state index in [1.54, 1.807) is 0 Å². The Kier molecular flexibility index (Phi) is 5.48. The Hall–Kier alpha value is -1.36. The molecule has 1 aromatic carbocycles. The zero-order valence-electron chi connectivity index (χ0n) is 16.3. The lowest BCUT2D eigenvalue weighted by atomic mass is 9.89. The van der Waals surface area contributed by atoms with E-state index >= 15 is 0 Å². The van der Waals surface area contributed by atoms with E-state index in [2.05, 4.69) is 35.0 Å². The van der Waals surface area contributed by atoms with E-state index in [0.717, 1.165) is 54.5 Å². The Labute approximate surface area is 165 Å². The molecule has 1 saturated heterocycles. The maximum absolute atomic E-state index is 13.3. The molecule has 0 saturated carbocycles. The quantitative estimate of drug-likeness (QED) is 0.678. The van der Waals surface area contributed by atoms with Crippen molar-refractivity contribution in [2.75, 3.05) is 24.5 Å². The summed E-state index contributed by atoms with van der Waals surface area (Å²) < 4.78 is 1.07. The molecule has 1 fully saturated rings. The van der Waals surface area contributed by atoms with E-state index in [9.17, 15) is 9.59 Å². The van der Waals surface area contributed by atoms with Crippen LogP contribution in [-0.2, 0) is 16.0 Å². The van der Waals surface area contributed by atoms with E-state index < -0.39 is 5.41 Å². The summed E-state index contributed by atoms with van der Waals surface area (Å²) in [6.45, 7) is 10.0. The normalized spacial score (nSPS) is 20.7. The van der Waals surface area contributed by atoms with Gasteiger partial charge in [0.15, 0.2) is 0 Å². The Bertz CT molecular complexity index is 723. The van der Waals surface area contributed by atoms with E-state index in [0.29, 0.717) is 6.54 Å². The topological polar surface area (TPSA) is 40.6 Å². The summed E-state index contributed by atoms with van der Waals surface area (Å²) in [5.74, 6) is 0.237. The average molecular weight is 421 g/mol. The fourth-order valence-corrected chi connectivity index (χ4v) is 4.82. The molecule has 142 valence electrons. The van der Waals surface area contributed by atoms with Gasteiger partial charge in [-0.05, 0) is 55.9 Å². The van der Waals surface area contributed by atoms with E-state index in [1.165, 1.54) is 5.56 Å². The summed E-state index contributed by atoms with van der Waals surface area (Å²) >= 11 is 3.57. The number of carbonyl (C=O) groups is 2. The van der Waals surface area contributed by atoms with Crippen molar-refractivity contribution in [2.24, 2.45) is 11.3 Å². The number of carbonyl (C=O) groups excluding carboxylic acids is 2. The minimum Gasteiger partial charge on any atom is -0.341 e. The monoisotopic (exact) mass is 420 g/mol. The fraction of sp³-hybridized carbons (Fsp3) is 0.619. The van der Waals surface area contributed by atoms with Crippen molar-refractivity contribution in [3.8, 4) is 0 Å². The third-order valence-corrected chi connectivity index (χ3v) is 5.87. The molecule has 2 aliphatic heterocycles. The molecule has 0 bridgehead atoms. The summed E-state index contributed by atoms with van der Waals surface area (Å²) in [6, 6.07) is 4.22.